The van der Waals surface area contributed by atoms with Gasteiger partial charge in [-0.2, -0.15) is 0 Å². The Kier molecular flexibility index (Phi) is 9.02. The predicted molar refractivity (Wildman–Crippen MR) is 88.7 cm³/mol. The van der Waals surface area contributed by atoms with E-state index in [0.717, 1.165) is 44.4 Å². The van der Waals surface area contributed by atoms with Crippen LogP contribution < -0.4 is 10.1 Å². The predicted octanol–water partition coefficient (Wildman–Crippen LogP) is 2.94. The van der Waals surface area contributed by atoms with Gasteiger partial charge in [0.2, 0.25) is 5.88 Å². The Labute approximate surface area is 129 Å². The summed E-state index contributed by atoms with van der Waals surface area (Å²) in [5.41, 5.74) is 1.24. The van der Waals surface area contributed by atoms with Crippen LogP contribution in [0.25, 0.3) is 0 Å². The third-order valence-electron chi connectivity index (χ3n) is 3.57. The van der Waals surface area contributed by atoms with Crippen molar-refractivity contribution in [1.29, 1.82) is 0 Å². The average molecular weight is 293 g/mol. The molecule has 0 fully saturated rings. The first-order valence-electron chi connectivity index (χ1n) is 8.12. The maximum atomic E-state index is 5.63. The second-order valence-electron chi connectivity index (χ2n) is 5.77. The number of hydrogen-bond acceptors (Lipinski definition) is 4. The molecule has 1 aromatic heterocycles. The number of nitrogens with zero attached hydrogens (tertiary/aromatic N) is 2. The van der Waals surface area contributed by atoms with Crippen LogP contribution in [0.3, 0.4) is 0 Å². The lowest BCUT2D eigenvalue weighted by molar-refractivity contribution is 0.273. The highest BCUT2D eigenvalue weighted by atomic mass is 16.5. The van der Waals surface area contributed by atoms with Crippen molar-refractivity contribution in [2.45, 2.75) is 40.2 Å². The lowest BCUT2D eigenvalue weighted by Crippen LogP contribution is -2.23. The summed E-state index contributed by atoms with van der Waals surface area (Å²) in [5, 5.41) is 3.28. The Hall–Kier alpha value is -1.13. The molecule has 1 aromatic rings. The van der Waals surface area contributed by atoms with Gasteiger partial charge < -0.3 is 15.0 Å². The van der Waals surface area contributed by atoms with Crippen LogP contribution in [0.4, 0.5) is 0 Å². The van der Waals surface area contributed by atoms with Crippen molar-refractivity contribution >= 4 is 0 Å². The van der Waals surface area contributed by atoms with Crippen molar-refractivity contribution in [3.05, 3.63) is 23.9 Å². The molecule has 0 saturated heterocycles. The normalized spacial score (nSPS) is 12.6. The zero-order valence-electron chi connectivity index (χ0n) is 14.1. The molecule has 1 heterocycles. The van der Waals surface area contributed by atoms with Gasteiger partial charge in [0.15, 0.2) is 0 Å². The van der Waals surface area contributed by atoms with Crippen LogP contribution in [-0.4, -0.2) is 43.2 Å². The van der Waals surface area contributed by atoms with Gasteiger partial charge in [-0.3, -0.25) is 0 Å². The molecule has 4 heteroatoms. The lowest BCUT2D eigenvalue weighted by Gasteiger charge is -2.20. The summed E-state index contributed by atoms with van der Waals surface area (Å²) in [6.45, 7) is 11.4. The summed E-state index contributed by atoms with van der Waals surface area (Å²) < 4.78 is 5.63. The van der Waals surface area contributed by atoms with Gasteiger partial charge in [-0.05, 0) is 38.0 Å². The molecule has 120 valence electrons. The molecule has 0 aliphatic carbocycles. The van der Waals surface area contributed by atoms with Crippen LogP contribution in [0.2, 0.25) is 0 Å². The minimum atomic E-state index is 0.716. The first-order valence-corrected chi connectivity index (χ1v) is 8.12. The minimum absolute atomic E-state index is 0.716. The number of rotatable bonds is 11. The van der Waals surface area contributed by atoms with Gasteiger partial charge in [-0.25, -0.2) is 4.98 Å². The maximum Gasteiger partial charge on any atom is 0.213 e. The molecule has 0 radical (unpaired) electrons. The largest absolute Gasteiger partial charge is 0.478 e. The molecular formula is C17H31N3O. The Morgan fingerprint density at radius 1 is 1.33 bits per heavy atom. The van der Waals surface area contributed by atoms with Crippen molar-refractivity contribution in [3.63, 3.8) is 0 Å². The van der Waals surface area contributed by atoms with Gasteiger partial charge >= 0.3 is 0 Å². The summed E-state index contributed by atoms with van der Waals surface area (Å²) in [4.78, 5) is 6.73. The standard InChI is InChI=1S/C17H31N3O/c1-5-15(3)13-20(4)14-16-8-9-17(19-12-16)21-11-7-10-18-6-2/h8-9,12,15,18H,5-7,10-11,13-14H2,1-4H3. The molecule has 21 heavy (non-hydrogen) atoms. The number of pyridine rings is 1. The Bertz CT molecular complexity index is 367. The zero-order chi connectivity index (χ0) is 15.5. The average Bonchev–Trinajstić information content (AvgIpc) is 2.48. The highest BCUT2D eigenvalue weighted by Crippen LogP contribution is 2.11. The van der Waals surface area contributed by atoms with Crippen molar-refractivity contribution in [2.24, 2.45) is 5.92 Å². The molecule has 0 spiro atoms. The van der Waals surface area contributed by atoms with E-state index in [-0.39, 0.29) is 0 Å². The van der Waals surface area contributed by atoms with Gasteiger partial charge in [-0.15, -0.1) is 0 Å². The fourth-order valence-electron chi connectivity index (χ4n) is 2.18. The van der Waals surface area contributed by atoms with Crippen LogP contribution in [0, 0.1) is 5.92 Å². The fourth-order valence-corrected chi connectivity index (χ4v) is 2.18. The Morgan fingerprint density at radius 2 is 2.14 bits per heavy atom. The summed E-state index contributed by atoms with van der Waals surface area (Å²) in [7, 11) is 2.16. The fraction of sp³-hybridized carbons (Fsp3) is 0.706. The Balaban J connectivity index is 2.29. The van der Waals surface area contributed by atoms with Crippen LogP contribution in [0.15, 0.2) is 18.3 Å². The molecular weight excluding hydrogens is 262 g/mol. The quantitative estimate of drug-likeness (QED) is 0.637. The Morgan fingerprint density at radius 3 is 2.76 bits per heavy atom. The summed E-state index contributed by atoms with van der Waals surface area (Å²) >= 11 is 0. The van der Waals surface area contributed by atoms with Crippen LogP contribution in [0.5, 0.6) is 5.88 Å². The molecule has 1 N–H and O–H groups in total. The first kappa shape index (κ1) is 17.9. The molecule has 1 atom stereocenters. The number of aromatic nitrogens is 1. The van der Waals surface area contributed by atoms with Crippen molar-refractivity contribution in [1.82, 2.24) is 15.2 Å². The second kappa shape index (κ2) is 10.6. The molecule has 0 bridgehead atoms. The van der Waals surface area contributed by atoms with E-state index >= 15 is 0 Å². The van der Waals surface area contributed by atoms with E-state index in [1.807, 2.05) is 12.3 Å². The molecule has 4 nitrogen and oxygen atoms in total. The third-order valence-corrected chi connectivity index (χ3v) is 3.57. The molecule has 1 unspecified atom stereocenters. The van der Waals surface area contributed by atoms with Crippen LogP contribution >= 0.6 is 0 Å². The van der Waals surface area contributed by atoms with E-state index in [9.17, 15) is 0 Å². The SMILES string of the molecule is CCNCCCOc1ccc(CN(C)CC(C)CC)cn1. The highest BCUT2D eigenvalue weighted by molar-refractivity contribution is 5.17. The van der Waals surface area contributed by atoms with Gasteiger partial charge in [0, 0.05) is 25.4 Å². The minimum Gasteiger partial charge on any atom is -0.478 e. The topological polar surface area (TPSA) is 37.4 Å². The van der Waals surface area contributed by atoms with E-state index in [1.165, 1.54) is 12.0 Å². The summed E-state index contributed by atoms with van der Waals surface area (Å²) in [5.74, 6) is 1.46. The van der Waals surface area contributed by atoms with Gasteiger partial charge in [-0.1, -0.05) is 33.3 Å². The second-order valence-corrected chi connectivity index (χ2v) is 5.77. The first-order chi connectivity index (χ1) is 10.2. The molecule has 0 saturated carbocycles. The van der Waals surface area contributed by atoms with Gasteiger partial charge in [0.25, 0.3) is 0 Å². The highest BCUT2D eigenvalue weighted by Gasteiger charge is 2.05. The summed E-state index contributed by atoms with van der Waals surface area (Å²) in [6, 6.07) is 4.08. The monoisotopic (exact) mass is 293 g/mol. The maximum absolute atomic E-state index is 5.63. The molecule has 0 aliphatic rings. The molecule has 0 amide bonds. The molecule has 0 aromatic carbocycles. The van der Waals surface area contributed by atoms with Crippen LogP contribution in [-0.2, 0) is 6.54 Å². The lowest BCUT2D eigenvalue weighted by atomic mass is 10.1. The van der Waals surface area contributed by atoms with E-state index in [1.54, 1.807) is 0 Å². The molecule has 1 rings (SSSR count). The summed E-state index contributed by atoms with van der Waals surface area (Å²) in [6.07, 6.45) is 4.16. The number of nitrogens with one attached hydrogen (secondary N) is 1. The van der Waals surface area contributed by atoms with Gasteiger partial charge in [0.1, 0.15) is 0 Å². The smallest absolute Gasteiger partial charge is 0.213 e. The third kappa shape index (κ3) is 8.02. The number of hydrogen-bond donors (Lipinski definition) is 1. The van der Waals surface area contributed by atoms with Gasteiger partial charge in [0.05, 0.1) is 6.61 Å². The van der Waals surface area contributed by atoms with Crippen molar-refractivity contribution in [2.75, 3.05) is 33.3 Å². The zero-order valence-corrected chi connectivity index (χ0v) is 14.1. The molecule has 0 aliphatic heterocycles. The van der Waals surface area contributed by atoms with Crippen LogP contribution in [0.1, 0.15) is 39.2 Å². The van der Waals surface area contributed by atoms with E-state index < -0.39 is 0 Å². The number of ether oxygens (including phenoxy) is 1. The van der Waals surface area contributed by atoms with E-state index in [2.05, 4.69) is 49.1 Å². The van der Waals surface area contributed by atoms with E-state index in [0.29, 0.717) is 6.61 Å². The van der Waals surface area contributed by atoms with Crippen molar-refractivity contribution in [3.8, 4) is 5.88 Å². The van der Waals surface area contributed by atoms with E-state index in [4.69, 9.17) is 4.74 Å². The van der Waals surface area contributed by atoms with Crippen molar-refractivity contribution < 1.29 is 4.74 Å².